The Labute approximate surface area is 126 Å². The zero-order valence-corrected chi connectivity index (χ0v) is 13.7. The van der Waals surface area contributed by atoms with Crippen molar-refractivity contribution in [2.24, 2.45) is 5.92 Å². The van der Waals surface area contributed by atoms with Crippen LogP contribution in [-0.2, 0) is 10.5 Å². The second-order valence-electron chi connectivity index (χ2n) is 5.40. The minimum Gasteiger partial charge on any atom is -0.354 e. The van der Waals surface area contributed by atoms with Crippen molar-refractivity contribution in [2.45, 2.75) is 37.8 Å². The lowest BCUT2D eigenvalue weighted by Gasteiger charge is -2.21. The van der Waals surface area contributed by atoms with Crippen LogP contribution in [0.2, 0.25) is 0 Å². The summed E-state index contributed by atoms with van der Waals surface area (Å²) in [5, 5.41) is 6.15. The summed E-state index contributed by atoms with van der Waals surface area (Å²) in [5.74, 6) is 1.34. The van der Waals surface area contributed by atoms with Crippen molar-refractivity contribution in [1.29, 1.82) is 0 Å². The van der Waals surface area contributed by atoms with Crippen LogP contribution in [0, 0.1) is 5.92 Å². The minimum absolute atomic E-state index is 0.000683. The molecule has 3 nitrogen and oxygen atoms in total. The van der Waals surface area contributed by atoms with Crippen molar-refractivity contribution < 1.29 is 4.79 Å². The number of hydrogen-bond acceptors (Lipinski definition) is 3. The van der Waals surface area contributed by atoms with Gasteiger partial charge in [0.1, 0.15) is 0 Å². The minimum atomic E-state index is -0.000683. The summed E-state index contributed by atoms with van der Waals surface area (Å²) in [6, 6.07) is 10.6. The zero-order valence-electron chi connectivity index (χ0n) is 12.8. The first-order valence-corrected chi connectivity index (χ1v) is 8.20. The summed E-state index contributed by atoms with van der Waals surface area (Å²) in [4.78, 5) is 12.3. The summed E-state index contributed by atoms with van der Waals surface area (Å²) in [5.41, 5.74) is 1.26. The number of nitrogens with one attached hydrogen (secondary N) is 2. The van der Waals surface area contributed by atoms with Crippen molar-refractivity contribution in [3.63, 3.8) is 0 Å². The molecule has 0 fully saturated rings. The molecule has 2 atom stereocenters. The second kappa shape index (κ2) is 9.03. The van der Waals surface area contributed by atoms with E-state index in [1.165, 1.54) is 5.56 Å². The maximum absolute atomic E-state index is 12.3. The molecule has 0 bridgehead atoms. The topological polar surface area (TPSA) is 41.1 Å². The van der Waals surface area contributed by atoms with E-state index in [0.29, 0.717) is 18.5 Å². The Morgan fingerprint density at radius 1 is 1.20 bits per heavy atom. The third-order valence-corrected chi connectivity index (χ3v) is 4.83. The van der Waals surface area contributed by atoms with Gasteiger partial charge in [-0.15, -0.1) is 11.8 Å². The average molecular weight is 294 g/mol. The molecule has 0 saturated heterocycles. The van der Waals surface area contributed by atoms with E-state index >= 15 is 0 Å². The van der Waals surface area contributed by atoms with Crippen LogP contribution in [0.3, 0.4) is 0 Å². The molecule has 0 saturated carbocycles. The molecule has 0 aliphatic rings. The molecule has 1 aromatic rings. The molecule has 4 heteroatoms. The molecule has 20 heavy (non-hydrogen) atoms. The lowest BCUT2D eigenvalue weighted by Crippen LogP contribution is -2.42. The number of hydrogen-bond donors (Lipinski definition) is 2. The molecule has 1 amide bonds. The highest BCUT2D eigenvalue weighted by Crippen LogP contribution is 2.23. The molecule has 0 heterocycles. The predicted molar refractivity (Wildman–Crippen MR) is 87.9 cm³/mol. The Balaban J connectivity index is 2.49. The van der Waals surface area contributed by atoms with Gasteiger partial charge in [-0.1, -0.05) is 44.2 Å². The molecule has 112 valence electrons. The van der Waals surface area contributed by atoms with Crippen molar-refractivity contribution in [2.75, 3.05) is 13.6 Å². The normalized spacial score (nSPS) is 14.1. The van der Waals surface area contributed by atoms with Gasteiger partial charge in [0, 0.05) is 18.3 Å². The van der Waals surface area contributed by atoms with Gasteiger partial charge < -0.3 is 10.6 Å². The quantitative estimate of drug-likeness (QED) is 0.774. The number of amides is 1. The number of rotatable bonds is 8. The van der Waals surface area contributed by atoms with E-state index in [9.17, 15) is 4.79 Å². The van der Waals surface area contributed by atoms with E-state index < -0.39 is 0 Å². The van der Waals surface area contributed by atoms with Gasteiger partial charge >= 0.3 is 0 Å². The van der Waals surface area contributed by atoms with Gasteiger partial charge in [-0.3, -0.25) is 4.79 Å². The third-order valence-electron chi connectivity index (χ3n) is 3.21. The Morgan fingerprint density at radius 3 is 2.40 bits per heavy atom. The van der Waals surface area contributed by atoms with E-state index in [-0.39, 0.29) is 11.2 Å². The van der Waals surface area contributed by atoms with E-state index in [2.05, 4.69) is 43.5 Å². The van der Waals surface area contributed by atoms with Gasteiger partial charge in [0.05, 0.1) is 5.25 Å². The summed E-state index contributed by atoms with van der Waals surface area (Å²) in [6.07, 6.45) is 0. The molecule has 0 aliphatic heterocycles. The van der Waals surface area contributed by atoms with Crippen LogP contribution in [0.15, 0.2) is 30.3 Å². The summed E-state index contributed by atoms with van der Waals surface area (Å²) in [7, 11) is 1.90. The largest absolute Gasteiger partial charge is 0.354 e. The van der Waals surface area contributed by atoms with Crippen molar-refractivity contribution in [3.05, 3.63) is 35.9 Å². The van der Waals surface area contributed by atoms with Crippen LogP contribution in [0.5, 0.6) is 0 Å². The Bertz CT molecular complexity index is 395. The fourth-order valence-electron chi connectivity index (χ4n) is 1.79. The number of thioether (sulfide) groups is 1. The van der Waals surface area contributed by atoms with Crippen molar-refractivity contribution in [1.82, 2.24) is 10.6 Å². The maximum atomic E-state index is 12.3. The van der Waals surface area contributed by atoms with Gasteiger partial charge in [-0.2, -0.15) is 0 Å². The van der Waals surface area contributed by atoms with E-state index in [1.54, 1.807) is 11.8 Å². The Morgan fingerprint density at radius 2 is 1.85 bits per heavy atom. The number of carbonyl (C=O) groups is 1. The van der Waals surface area contributed by atoms with Gasteiger partial charge in [-0.25, -0.2) is 0 Å². The lowest BCUT2D eigenvalue weighted by molar-refractivity contribution is -0.121. The highest BCUT2D eigenvalue weighted by Gasteiger charge is 2.22. The first-order valence-electron chi connectivity index (χ1n) is 7.15. The van der Waals surface area contributed by atoms with Crippen LogP contribution in [0.1, 0.15) is 26.3 Å². The van der Waals surface area contributed by atoms with E-state index in [0.717, 1.165) is 5.75 Å². The average Bonchev–Trinajstić information content (AvgIpc) is 2.45. The highest BCUT2D eigenvalue weighted by atomic mass is 32.2. The first-order chi connectivity index (χ1) is 9.54. The first kappa shape index (κ1) is 17.1. The van der Waals surface area contributed by atoms with Gasteiger partial charge in [0.25, 0.3) is 0 Å². The maximum Gasteiger partial charge on any atom is 0.233 e. The molecule has 2 N–H and O–H groups in total. The summed E-state index contributed by atoms with van der Waals surface area (Å²) >= 11 is 1.72. The SMILES string of the molecule is CNC(C)CNC(=O)C(SCc1ccccc1)C(C)C. The van der Waals surface area contributed by atoms with Crippen LogP contribution < -0.4 is 10.6 Å². The smallest absolute Gasteiger partial charge is 0.233 e. The molecular weight excluding hydrogens is 268 g/mol. The molecular formula is C16H26N2OS. The van der Waals surface area contributed by atoms with Crippen molar-refractivity contribution in [3.8, 4) is 0 Å². The molecule has 2 unspecified atom stereocenters. The fraction of sp³-hybridized carbons (Fsp3) is 0.562. The van der Waals surface area contributed by atoms with Crippen LogP contribution in [0.4, 0.5) is 0 Å². The second-order valence-corrected chi connectivity index (χ2v) is 6.53. The van der Waals surface area contributed by atoms with Crippen LogP contribution in [0.25, 0.3) is 0 Å². The fourth-order valence-corrected chi connectivity index (χ4v) is 2.97. The number of likely N-dealkylation sites (N-methyl/N-ethyl adjacent to an activating group) is 1. The summed E-state index contributed by atoms with van der Waals surface area (Å²) < 4.78 is 0. The lowest BCUT2D eigenvalue weighted by atomic mass is 10.1. The molecule has 0 spiro atoms. The van der Waals surface area contributed by atoms with Crippen molar-refractivity contribution >= 4 is 17.7 Å². The monoisotopic (exact) mass is 294 g/mol. The highest BCUT2D eigenvalue weighted by molar-refractivity contribution is 7.99. The number of carbonyl (C=O) groups excluding carboxylic acids is 1. The van der Waals surface area contributed by atoms with Gasteiger partial charge in [0.15, 0.2) is 0 Å². The summed E-state index contributed by atoms with van der Waals surface area (Å²) in [6.45, 7) is 6.93. The molecule has 0 aliphatic carbocycles. The standard InChI is InChI=1S/C16H26N2OS/c1-12(2)15(16(19)18-10-13(3)17-4)20-11-14-8-6-5-7-9-14/h5-9,12-13,15,17H,10-11H2,1-4H3,(H,18,19). The third kappa shape index (κ3) is 5.97. The zero-order chi connectivity index (χ0) is 15.0. The molecule has 1 aromatic carbocycles. The Hall–Kier alpha value is -1.00. The Kier molecular flexibility index (Phi) is 7.70. The van der Waals surface area contributed by atoms with Crippen LogP contribution >= 0.6 is 11.8 Å². The van der Waals surface area contributed by atoms with E-state index in [4.69, 9.17) is 0 Å². The van der Waals surface area contributed by atoms with E-state index in [1.807, 2.05) is 25.2 Å². The molecule has 0 radical (unpaired) electrons. The molecule has 0 aromatic heterocycles. The molecule has 1 rings (SSSR count). The van der Waals surface area contributed by atoms with Gasteiger partial charge in [0.2, 0.25) is 5.91 Å². The van der Waals surface area contributed by atoms with Gasteiger partial charge in [-0.05, 0) is 25.5 Å². The number of benzene rings is 1. The van der Waals surface area contributed by atoms with Crippen LogP contribution in [-0.4, -0.2) is 30.8 Å². The predicted octanol–water partition coefficient (Wildman–Crippen LogP) is 2.67.